The molecule has 1 aromatic heterocycles. The maximum Gasteiger partial charge on any atom is 0.0271 e. The summed E-state index contributed by atoms with van der Waals surface area (Å²) in [4.78, 5) is 3.90. The predicted octanol–water partition coefficient (Wildman–Crippen LogP) is 1.44. The average Bonchev–Trinajstić information content (AvgIpc) is 1.91. The van der Waals surface area contributed by atoms with Gasteiger partial charge in [-0.2, -0.15) is 0 Å². The molecule has 0 spiro atoms. The van der Waals surface area contributed by atoms with E-state index in [2.05, 4.69) is 10.3 Å². The number of hydrogen-bond donors (Lipinski definition) is 1. The van der Waals surface area contributed by atoms with E-state index in [0.717, 1.165) is 6.54 Å². The number of hydrogen-bond acceptors (Lipinski definition) is 2. The summed E-state index contributed by atoms with van der Waals surface area (Å²) in [6, 6.07) is 3.99. The van der Waals surface area contributed by atoms with Crippen LogP contribution in [0, 0.1) is 0 Å². The first kappa shape index (κ1) is 9.11. The zero-order valence-corrected chi connectivity index (χ0v) is 5.46. The molecule has 0 aliphatic rings. The van der Waals surface area contributed by atoms with Crippen LogP contribution in [0.15, 0.2) is 24.5 Å². The van der Waals surface area contributed by atoms with E-state index in [1.807, 2.05) is 19.2 Å². The summed E-state index contributed by atoms with van der Waals surface area (Å²) < 4.78 is 0. The number of nitrogens with one attached hydrogen (secondary N) is 1. The highest BCUT2D eigenvalue weighted by Gasteiger charge is 1.84. The molecule has 0 aromatic carbocycles. The van der Waals surface area contributed by atoms with Gasteiger partial charge < -0.3 is 5.32 Å². The van der Waals surface area contributed by atoms with Gasteiger partial charge in [-0.05, 0) is 24.7 Å². The molecule has 0 unspecified atom stereocenters. The number of rotatable bonds is 2. The summed E-state index contributed by atoms with van der Waals surface area (Å²) in [7, 11) is 1.93. The van der Waals surface area contributed by atoms with Gasteiger partial charge in [-0.25, -0.2) is 0 Å². The molecule has 0 radical (unpaired) electrons. The van der Waals surface area contributed by atoms with E-state index in [1.54, 1.807) is 12.4 Å². The van der Waals surface area contributed by atoms with Crippen molar-refractivity contribution in [2.45, 2.75) is 14.0 Å². The van der Waals surface area contributed by atoms with E-state index in [9.17, 15) is 0 Å². The SMILES string of the molecule is C.CNCc1ccncc1. The topological polar surface area (TPSA) is 24.9 Å². The fourth-order valence-corrected chi connectivity index (χ4v) is 0.705. The van der Waals surface area contributed by atoms with Crippen LogP contribution in [0.2, 0.25) is 0 Å². The minimum absolute atomic E-state index is 0. The lowest BCUT2D eigenvalue weighted by atomic mass is 10.3. The molecular formula is C8H14N2. The molecule has 0 atom stereocenters. The van der Waals surface area contributed by atoms with Gasteiger partial charge in [0.15, 0.2) is 0 Å². The van der Waals surface area contributed by atoms with Gasteiger partial charge in [-0.3, -0.25) is 4.98 Å². The first-order valence-electron chi connectivity index (χ1n) is 2.97. The molecule has 1 heterocycles. The standard InChI is InChI=1S/C7H10N2.CH4/c1-8-6-7-2-4-9-5-3-7;/h2-5,8H,6H2,1H3;1H4. The minimum Gasteiger partial charge on any atom is -0.316 e. The lowest BCUT2D eigenvalue weighted by Crippen LogP contribution is -2.04. The zero-order valence-electron chi connectivity index (χ0n) is 5.46. The maximum absolute atomic E-state index is 3.90. The van der Waals surface area contributed by atoms with Gasteiger partial charge in [0.05, 0.1) is 0 Å². The second-order valence-corrected chi connectivity index (χ2v) is 1.89. The van der Waals surface area contributed by atoms with E-state index in [4.69, 9.17) is 0 Å². The molecule has 0 fully saturated rings. The summed E-state index contributed by atoms with van der Waals surface area (Å²) >= 11 is 0. The second kappa shape index (κ2) is 4.94. The molecule has 56 valence electrons. The number of nitrogens with zero attached hydrogens (tertiary/aromatic N) is 1. The van der Waals surface area contributed by atoms with Crippen LogP contribution in [0.25, 0.3) is 0 Å². The predicted molar refractivity (Wildman–Crippen MR) is 43.7 cm³/mol. The lowest BCUT2D eigenvalue weighted by Gasteiger charge is -1.95. The highest BCUT2D eigenvalue weighted by molar-refractivity contribution is 5.08. The molecule has 0 aliphatic heterocycles. The van der Waals surface area contributed by atoms with Crippen LogP contribution in [-0.4, -0.2) is 12.0 Å². The minimum atomic E-state index is 0. The Bertz CT molecular complexity index is 160. The van der Waals surface area contributed by atoms with Crippen LogP contribution in [0.5, 0.6) is 0 Å². The number of aromatic nitrogens is 1. The maximum atomic E-state index is 3.90. The Morgan fingerprint density at radius 1 is 1.40 bits per heavy atom. The zero-order chi connectivity index (χ0) is 6.53. The van der Waals surface area contributed by atoms with Gasteiger partial charge in [-0.1, -0.05) is 7.43 Å². The van der Waals surface area contributed by atoms with Crippen molar-refractivity contribution < 1.29 is 0 Å². The molecule has 0 aliphatic carbocycles. The molecule has 1 N–H and O–H groups in total. The van der Waals surface area contributed by atoms with Gasteiger partial charge in [-0.15, -0.1) is 0 Å². The molecule has 0 amide bonds. The molecule has 0 bridgehead atoms. The third-order valence-corrected chi connectivity index (χ3v) is 1.13. The highest BCUT2D eigenvalue weighted by atomic mass is 14.8. The summed E-state index contributed by atoms with van der Waals surface area (Å²) in [5.41, 5.74) is 1.27. The first-order chi connectivity index (χ1) is 4.43. The van der Waals surface area contributed by atoms with E-state index in [-0.39, 0.29) is 7.43 Å². The summed E-state index contributed by atoms with van der Waals surface area (Å²) in [6.07, 6.45) is 3.60. The fourth-order valence-electron chi connectivity index (χ4n) is 0.705. The molecule has 2 nitrogen and oxygen atoms in total. The Hall–Kier alpha value is -0.890. The summed E-state index contributed by atoms with van der Waals surface area (Å²) in [5, 5.41) is 3.06. The van der Waals surface area contributed by atoms with Crippen LogP contribution >= 0.6 is 0 Å². The highest BCUT2D eigenvalue weighted by Crippen LogP contribution is 1.92. The van der Waals surface area contributed by atoms with Crippen molar-refractivity contribution in [3.05, 3.63) is 30.1 Å². The van der Waals surface area contributed by atoms with Crippen molar-refractivity contribution in [3.8, 4) is 0 Å². The van der Waals surface area contributed by atoms with Crippen LogP contribution in [-0.2, 0) is 6.54 Å². The average molecular weight is 138 g/mol. The Labute approximate surface area is 62.3 Å². The molecule has 0 saturated heterocycles. The molecule has 10 heavy (non-hydrogen) atoms. The van der Waals surface area contributed by atoms with Crippen LogP contribution in [0.4, 0.5) is 0 Å². The Morgan fingerprint density at radius 3 is 2.50 bits per heavy atom. The monoisotopic (exact) mass is 138 g/mol. The number of pyridine rings is 1. The molecule has 1 rings (SSSR count). The normalized spacial score (nSPS) is 8.50. The van der Waals surface area contributed by atoms with Gasteiger partial charge in [0.1, 0.15) is 0 Å². The lowest BCUT2D eigenvalue weighted by molar-refractivity contribution is 0.816. The Kier molecular flexibility index (Phi) is 4.50. The van der Waals surface area contributed by atoms with E-state index < -0.39 is 0 Å². The van der Waals surface area contributed by atoms with Crippen molar-refractivity contribution in [1.29, 1.82) is 0 Å². The molecular weight excluding hydrogens is 124 g/mol. The fraction of sp³-hybridized carbons (Fsp3) is 0.375. The smallest absolute Gasteiger partial charge is 0.0271 e. The van der Waals surface area contributed by atoms with Crippen molar-refractivity contribution >= 4 is 0 Å². The van der Waals surface area contributed by atoms with Gasteiger partial charge in [0.2, 0.25) is 0 Å². The van der Waals surface area contributed by atoms with E-state index in [0.29, 0.717) is 0 Å². The van der Waals surface area contributed by atoms with Crippen molar-refractivity contribution in [2.75, 3.05) is 7.05 Å². The van der Waals surface area contributed by atoms with Crippen molar-refractivity contribution in [3.63, 3.8) is 0 Å². The Morgan fingerprint density at radius 2 is 2.00 bits per heavy atom. The second-order valence-electron chi connectivity index (χ2n) is 1.89. The third kappa shape index (κ3) is 2.60. The first-order valence-corrected chi connectivity index (χ1v) is 2.97. The third-order valence-electron chi connectivity index (χ3n) is 1.13. The van der Waals surface area contributed by atoms with E-state index >= 15 is 0 Å². The molecule has 2 heteroatoms. The van der Waals surface area contributed by atoms with Crippen LogP contribution in [0.3, 0.4) is 0 Å². The van der Waals surface area contributed by atoms with Gasteiger partial charge >= 0.3 is 0 Å². The van der Waals surface area contributed by atoms with Gasteiger partial charge in [0, 0.05) is 18.9 Å². The largest absolute Gasteiger partial charge is 0.316 e. The Balaban J connectivity index is 0.000000810. The van der Waals surface area contributed by atoms with Crippen LogP contribution in [0.1, 0.15) is 13.0 Å². The van der Waals surface area contributed by atoms with Gasteiger partial charge in [0.25, 0.3) is 0 Å². The van der Waals surface area contributed by atoms with Crippen molar-refractivity contribution in [1.82, 2.24) is 10.3 Å². The summed E-state index contributed by atoms with van der Waals surface area (Å²) in [6.45, 7) is 0.919. The van der Waals surface area contributed by atoms with Crippen molar-refractivity contribution in [2.24, 2.45) is 0 Å². The molecule has 0 saturated carbocycles. The molecule has 1 aromatic rings. The quantitative estimate of drug-likeness (QED) is 0.668. The summed E-state index contributed by atoms with van der Waals surface area (Å²) in [5.74, 6) is 0. The van der Waals surface area contributed by atoms with E-state index in [1.165, 1.54) is 5.56 Å². The van der Waals surface area contributed by atoms with Crippen LogP contribution < -0.4 is 5.32 Å².